The number of nitrogens with zero attached hydrogens (tertiary/aromatic N) is 1. The number of rotatable bonds is 7. The third kappa shape index (κ3) is 4.02. The summed E-state index contributed by atoms with van der Waals surface area (Å²) >= 11 is 3.58. The van der Waals surface area contributed by atoms with Crippen molar-refractivity contribution in [2.24, 2.45) is 5.92 Å². The number of halogens is 1. The van der Waals surface area contributed by atoms with E-state index in [0.29, 0.717) is 0 Å². The molecule has 0 aliphatic carbocycles. The second-order valence-electron chi connectivity index (χ2n) is 4.48. The Balaban J connectivity index is 2.85. The molecule has 0 unspecified atom stereocenters. The summed E-state index contributed by atoms with van der Waals surface area (Å²) in [7, 11) is 0. The highest BCUT2D eigenvalue weighted by Crippen LogP contribution is 2.24. The summed E-state index contributed by atoms with van der Waals surface area (Å²) < 4.78 is 0. The lowest BCUT2D eigenvalue weighted by Gasteiger charge is -2.29. The molecule has 0 amide bonds. The van der Waals surface area contributed by atoms with Crippen LogP contribution in [-0.2, 0) is 5.33 Å². The van der Waals surface area contributed by atoms with Gasteiger partial charge in [-0.15, -0.1) is 0 Å². The van der Waals surface area contributed by atoms with Gasteiger partial charge in [0.2, 0.25) is 0 Å². The zero-order valence-corrected chi connectivity index (χ0v) is 12.8. The SMILES string of the molecule is CCC(CC)CN(CC)c1ccccc1CBr. The lowest BCUT2D eigenvalue weighted by Crippen LogP contribution is -2.29. The van der Waals surface area contributed by atoms with Crippen LogP contribution in [0.4, 0.5) is 5.69 Å². The minimum absolute atomic E-state index is 0.804. The largest absolute Gasteiger partial charge is 0.371 e. The molecule has 0 atom stereocenters. The van der Waals surface area contributed by atoms with Crippen LogP contribution in [0.5, 0.6) is 0 Å². The number of benzene rings is 1. The van der Waals surface area contributed by atoms with Crippen molar-refractivity contribution in [1.29, 1.82) is 0 Å². The summed E-state index contributed by atoms with van der Waals surface area (Å²) in [4.78, 5) is 2.51. The Morgan fingerprint density at radius 1 is 1.12 bits per heavy atom. The summed E-state index contributed by atoms with van der Waals surface area (Å²) in [6.07, 6.45) is 2.53. The van der Waals surface area contributed by atoms with Crippen molar-refractivity contribution in [3.63, 3.8) is 0 Å². The van der Waals surface area contributed by atoms with Crippen molar-refractivity contribution in [2.45, 2.75) is 38.9 Å². The van der Waals surface area contributed by atoms with E-state index in [1.807, 2.05) is 0 Å². The molecule has 0 saturated heterocycles. The maximum Gasteiger partial charge on any atom is 0.0407 e. The van der Waals surface area contributed by atoms with E-state index in [4.69, 9.17) is 0 Å². The zero-order chi connectivity index (χ0) is 12.7. The Hall–Kier alpha value is -0.500. The Morgan fingerprint density at radius 2 is 1.76 bits per heavy atom. The van der Waals surface area contributed by atoms with E-state index in [1.165, 1.54) is 30.6 Å². The fraction of sp³-hybridized carbons (Fsp3) is 0.600. The number of alkyl halides is 1. The van der Waals surface area contributed by atoms with Crippen molar-refractivity contribution in [3.05, 3.63) is 29.8 Å². The summed E-state index contributed by atoms with van der Waals surface area (Å²) in [5.41, 5.74) is 2.78. The van der Waals surface area contributed by atoms with Crippen LogP contribution in [0.3, 0.4) is 0 Å². The molecule has 0 fully saturated rings. The summed E-state index contributed by atoms with van der Waals surface area (Å²) in [5.74, 6) is 0.804. The van der Waals surface area contributed by atoms with Crippen LogP contribution in [0.15, 0.2) is 24.3 Å². The van der Waals surface area contributed by atoms with E-state index in [9.17, 15) is 0 Å². The van der Waals surface area contributed by atoms with Crippen molar-refractivity contribution >= 4 is 21.6 Å². The van der Waals surface area contributed by atoms with E-state index in [0.717, 1.165) is 17.8 Å². The minimum atomic E-state index is 0.804. The van der Waals surface area contributed by atoms with Crippen LogP contribution in [0.2, 0.25) is 0 Å². The normalized spacial score (nSPS) is 10.9. The van der Waals surface area contributed by atoms with Gasteiger partial charge in [-0.2, -0.15) is 0 Å². The van der Waals surface area contributed by atoms with Gasteiger partial charge in [-0.25, -0.2) is 0 Å². The quantitative estimate of drug-likeness (QED) is 0.651. The Morgan fingerprint density at radius 3 is 2.29 bits per heavy atom. The lowest BCUT2D eigenvalue weighted by atomic mass is 10.0. The third-order valence-corrected chi connectivity index (χ3v) is 4.10. The zero-order valence-electron chi connectivity index (χ0n) is 11.2. The molecular formula is C15H24BrN. The predicted molar refractivity (Wildman–Crippen MR) is 81.0 cm³/mol. The molecule has 0 heterocycles. The number of hydrogen-bond acceptors (Lipinski definition) is 1. The molecule has 1 aromatic carbocycles. The van der Waals surface area contributed by atoms with E-state index >= 15 is 0 Å². The standard InChI is InChI=1S/C15H24BrN/c1-4-13(5-2)12-17(6-3)15-10-8-7-9-14(15)11-16/h7-10,13H,4-6,11-12H2,1-3H3. The average Bonchev–Trinajstić information content (AvgIpc) is 2.40. The molecule has 0 spiro atoms. The van der Waals surface area contributed by atoms with Crippen LogP contribution in [-0.4, -0.2) is 13.1 Å². The van der Waals surface area contributed by atoms with Gasteiger partial charge in [0.25, 0.3) is 0 Å². The van der Waals surface area contributed by atoms with Crippen molar-refractivity contribution in [3.8, 4) is 0 Å². The molecule has 96 valence electrons. The van der Waals surface area contributed by atoms with Gasteiger partial charge in [-0.1, -0.05) is 60.8 Å². The monoisotopic (exact) mass is 297 g/mol. The van der Waals surface area contributed by atoms with Gasteiger partial charge < -0.3 is 4.90 Å². The predicted octanol–water partition coefficient (Wildman–Crippen LogP) is 4.84. The Labute approximate surface area is 114 Å². The first-order valence-corrected chi connectivity index (χ1v) is 7.77. The highest BCUT2D eigenvalue weighted by atomic mass is 79.9. The molecule has 0 bridgehead atoms. The van der Waals surface area contributed by atoms with E-state index in [1.54, 1.807) is 0 Å². The maximum atomic E-state index is 3.58. The smallest absolute Gasteiger partial charge is 0.0407 e. The second kappa shape index (κ2) is 7.75. The fourth-order valence-electron chi connectivity index (χ4n) is 2.19. The number of anilines is 1. The fourth-order valence-corrected chi connectivity index (χ4v) is 2.66. The molecule has 17 heavy (non-hydrogen) atoms. The Bertz CT molecular complexity index is 320. The average molecular weight is 298 g/mol. The third-order valence-electron chi connectivity index (χ3n) is 3.49. The maximum absolute atomic E-state index is 3.58. The van der Waals surface area contributed by atoms with Crippen LogP contribution in [0.1, 0.15) is 39.2 Å². The first-order valence-electron chi connectivity index (χ1n) is 6.65. The molecule has 0 aromatic heterocycles. The number of para-hydroxylation sites is 1. The van der Waals surface area contributed by atoms with Crippen molar-refractivity contribution < 1.29 is 0 Å². The molecule has 0 aliphatic rings. The highest BCUT2D eigenvalue weighted by Gasteiger charge is 2.12. The van der Waals surface area contributed by atoms with Crippen molar-refractivity contribution in [1.82, 2.24) is 0 Å². The second-order valence-corrected chi connectivity index (χ2v) is 5.04. The van der Waals surface area contributed by atoms with Gasteiger partial charge >= 0.3 is 0 Å². The molecule has 1 aromatic rings. The number of hydrogen-bond donors (Lipinski definition) is 0. The van der Waals surface area contributed by atoms with Gasteiger partial charge in [0, 0.05) is 24.1 Å². The lowest BCUT2D eigenvalue weighted by molar-refractivity contribution is 0.486. The van der Waals surface area contributed by atoms with Gasteiger partial charge in [-0.3, -0.25) is 0 Å². The summed E-state index contributed by atoms with van der Waals surface area (Å²) in [6.45, 7) is 9.08. The minimum Gasteiger partial charge on any atom is -0.371 e. The molecular weight excluding hydrogens is 274 g/mol. The molecule has 0 saturated carbocycles. The van der Waals surface area contributed by atoms with Gasteiger partial charge in [-0.05, 0) is 24.5 Å². The van der Waals surface area contributed by atoms with Crippen molar-refractivity contribution in [2.75, 3.05) is 18.0 Å². The van der Waals surface area contributed by atoms with Crippen LogP contribution in [0.25, 0.3) is 0 Å². The van der Waals surface area contributed by atoms with Gasteiger partial charge in [0.05, 0.1) is 0 Å². The first-order chi connectivity index (χ1) is 8.26. The molecule has 0 aliphatic heterocycles. The molecule has 1 rings (SSSR count). The topological polar surface area (TPSA) is 3.24 Å². The van der Waals surface area contributed by atoms with Crippen LogP contribution < -0.4 is 4.90 Å². The Kier molecular flexibility index (Phi) is 6.64. The molecule has 1 nitrogen and oxygen atoms in total. The van der Waals surface area contributed by atoms with E-state index in [-0.39, 0.29) is 0 Å². The summed E-state index contributed by atoms with van der Waals surface area (Å²) in [6, 6.07) is 8.70. The van der Waals surface area contributed by atoms with Crippen LogP contribution in [0, 0.1) is 5.92 Å². The highest BCUT2D eigenvalue weighted by molar-refractivity contribution is 9.08. The first kappa shape index (κ1) is 14.6. The van der Waals surface area contributed by atoms with E-state index in [2.05, 4.69) is 65.9 Å². The summed E-state index contributed by atoms with van der Waals surface area (Å²) in [5, 5.41) is 0.933. The molecule has 0 N–H and O–H groups in total. The van der Waals surface area contributed by atoms with E-state index < -0.39 is 0 Å². The molecule has 0 radical (unpaired) electrons. The van der Waals surface area contributed by atoms with Crippen LogP contribution >= 0.6 is 15.9 Å². The van der Waals surface area contributed by atoms with Gasteiger partial charge in [0.1, 0.15) is 0 Å². The molecule has 2 heteroatoms. The van der Waals surface area contributed by atoms with Gasteiger partial charge in [0.15, 0.2) is 0 Å².